The van der Waals surface area contributed by atoms with Gasteiger partial charge in [-0.15, -0.1) is 5.10 Å². The number of aryl methyl sites for hydroxylation is 1. The van der Waals surface area contributed by atoms with E-state index in [-0.39, 0.29) is 12.1 Å². The number of nitrogens with one attached hydrogen (secondary N) is 1. The fourth-order valence-corrected chi connectivity index (χ4v) is 5.52. The summed E-state index contributed by atoms with van der Waals surface area (Å²) in [5, 5.41) is 7.98. The van der Waals surface area contributed by atoms with E-state index in [0.717, 1.165) is 72.5 Å². The number of ether oxygens (including phenoxy) is 2. The van der Waals surface area contributed by atoms with Crippen LogP contribution in [0.5, 0.6) is 0 Å². The second kappa shape index (κ2) is 9.70. The molecule has 9 nitrogen and oxygen atoms in total. The molecular weight excluding hydrogens is 468 g/mol. The SMILES string of the molecule is Cc1nc2ncc(-c3ccn4nc(NC5CCC(OC(F)F)CC5)ncc34)cc2n1C1CCOCC1. The quantitative estimate of drug-likeness (QED) is 0.411. The summed E-state index contributed by atoms with van der Waals surface area (Å²) >= 11 is 0. The van der Waals surface area contributed by atoms with Gasteiger partial charge in [0, 0.05) is 48.8 Å². The average molecular weight is 498 g/mol. The lowest BCUT2D eigenvalue weighted by molar-refractivity contribution is -0.169. The van der Waals surface area contributed by atoms with Crippen molar-refractivity contribution in [1.82, 2.24) is 29.1 Å². The van der Waals surface area contributed by atoms with Crippen molar-refractivity contribution in [2.24, 2.45) is 0 Å². The third-order valence-electron chi connectivity index (χ3n) is 7.31. The monoisotopic (exact) mass is 497 g/mol. The number of halogens is 2. The standard InChI is InChI=1S/C25H29F2N7O2/c1-15-30-23-21(34(15)18-7-10-35-11-8-18)12-16(13-28-23)20-6-9-33-22(20)14-29-25(32-33)31-17-2-4-19(5-3-17)36-24(26)27/h6,9,12-14,17-19,24H,2-5,7-8,10-11H2,1H3,(H,31,32). The minimum Gasteiger partial charge on any atom is -0.381 e. The lowest BCUT2D eigenvalue weighted by atomic mass is 9.93. The van der Waals surface area contributed by atoms with Crippen molar-refractivity contribution < 1.29 is 18.3 Å². The molecule has 0 radical (unpaired) electrons. The number of hydrogen-bond acceptors (Lipinski definition) is 7. The first kappa shape index (κ1) is 23.2. The van der Waals surface area contributed by atoms with Crippen LogP contribution in [0, 0.1) is 6.92 Å². The van der Waals surface area contributed by atoms with E-state index in [1.807, 2.05) is 25.4 Å². The van der Waals surface area contributed by atoms with E-state index in [9.17, 15) is 8.78 Å². The summed E-state index contributed by atoms with van der Waals surface area (Å²) < 4.78 is 39.2. The van der Waals surface area contributed by atoms with Crippen LogP contribution in [-0.4, -0.2) is 61.1 Å². The minimum absolute atomic E-state index is 0.135. The Kier molecular flexibility index (Phi) is 6.26. The van der Waals surface area contributed by atoms with Gasteiger partial charge in [-0.3, -0.25) is 0 Å². The third-order valence-corrected chi connectivity index (χ3v) is 7.31. The molecule has 1 aliphatic carbocycles. The van der Waals surface area contributed by atoms with Gasteiger partial charge >= 0.3 is 6.61 Å². The number of rotatable bonds is 6. The molecule has 6 rings (SSSR count). The van der Waals surface area contributed by atoms with Gasteiger partial charge < -0.3 is 19.4 Å². The Morgan fingerprint density at radius 3 is 2.64 bits per heavy atom. The molecule has 4 aromatic rings. The normalized spacial score (nSPS) is 21.6. The van der Waals surface area contributed by atoms with E-state index in [1.165, 1.54) is 0 Å². The summed E-state index contributed by atoms with van der Waals surface area (Å²) in [6.07, 6.45) is 9.79. The second-order valence-electron chi connectivity index (χ2n) is 9.60. The summed E-state index contributed by atoms with van der Waals surface area (Å²) in [6, 6.07) is 4.67. The van der Waals surface area contributed by atoms with Crippen LogP contribution >= 0.6 is 0 Å². The highest BCUT2D eigenvalue weighted by atomic mass is 19.3. The number of anilines is 1. The molecule has 190 valence electrons. The molecule has 0 unspecified atom stereocenters. The highest BCUT2D eigenvalue weighted by molar-refractivity contribution is 5.85. The molecule has 4 aromatic heterocycles. The zero-order valence-electron chi connectivity index (χ0n) is 20.1. The van der Waals surface area contributed by atoms with Crippen LogP contribution in [-0.2, 0) is 9.47 Å². The first-order chi connectivity index (χ1) is 17.5. The van der Waals surface area contributed by atoms with E-state index >= 15 is 0 Å². The summed E-state index contributed by atoms with van der Waals surface area (Å²) in [7, 11) is 0. The van der Waals surface area contributed by atoms with Crippen LogP contribution in [0.1, 0.15) is 50.4 Å². The van der Waals surface area contributed by atoms with Crippen molar-refractivity contribution in [2.75, 3.05) is 18.5 Å². The third kappa shape index (κ3) is 4.53. The maximum absolute atomic E-state index is 12.4. The van der Waals surface area contributed by atoms with Crippen molar-refractivity contribution in [1.29, 1.82) is 0 Å². The Bertz CT molecular complexity index is 1360. The smallest absolute Gasteiger partial charge is 0.345 e. The first-order valence-electron chi connectivity index (χ1n) is 12.5. The second-order valence-corrected chi connectivity index (χ2v) is 9.60. The number of nitrogens with zero attached hydrogens (tertiary/aromatic N) is 6. The highest BCUT2D eigenvalue weighted by Gasteiger charge is 2.25. The number of imidazole rings is 1. The molecule has 5 heterocycles. The van der Waals surface area contributed by atoms with Gasteiger partial charge in [0.15, 0.2) is 5.65 Å². The molecule has 2 aliphatic rings. The lowest BCUT2D eigenvalue weighted by Crippen LogP contribution is -2.31. The zero-order chi connectivity index (χ0) is 24.6. The van der Waals surface area contributed by atoms with Crippen LogP contribution in [0.15, 0.2) is 30.7 Å². The Labute approximate surface area is 206 Å². The molecule has 0 spiro atoms. The van der Waals surface area contributed by atoms with Gasteiger partial charge in [-0.1, -0.05) is 0 Å². The molecule has 1 N–H and O–H groups in total. The number of hydrogen-bond donors (Lipinski definition) is 1. The zero-order valence-corrected chi connectivity index (χ0v) is 20.1. The van der Waals surface area contributed by atoms with E-state index in [4.69, 9.17) is 4.74 Å². The summed E-state index contributed by atoms with van der Waals surface area (Å²) in [4.78, 5) is 13.9. The van der Waals surface area contributed by atoms with Crippen molar-refractivity contribution in [3.63, 3.8) is 0 Å². The fraction of sp³-hybridized carbons (Fsp3) is 0.520. The molecule has 0 atom stereocenters. The first-order valence-corrected chi connectivity index (χ1v) is 12.5. The van der Waals surface area contributed by atoms with Gasteiger partial charge in [0.1, 0.15) is 5.82 Å². The molecule has 1 saturated carbocycles. The predicted octanol–water partition coefficient (Wildman–Crippen LogP) is 4.76. The molecule has 2 fully saturated rings. The van der Waals surface area contributed by atoms with E-state index in [2.05, 4.69) is 40.7 Å². The summed E-state index contributed by atoms with van der Waals surface area (Å²) in [6.45, 7) is 0.848. The molecule has 0 amide bonds. The van der Waals surface area contributed by atoms with Crippen molar-refractivity contribution in [2.45, 2.75) is 70.2 Å². The molecule has 1 saturated heterocycles. The average Bonchev–Trinajstić information content (AvgIpc) is 3.44. The lowest BCUT2D eigenvalue weighted by Gasteiger charge is -2.28. The highest BCUT2D eigenvalue weighted by Crippen LogP contribution is 2.32. The van der Waals surface area contributed by atoms with Crippen molar-refractivity contribution in [3.8, 4) is 11.1 Å². The molecule has 0 bridgehead atoms. The number of alkyl halides is 2. The van der Waals surface area contributed by atoms with Crippen LogP contribution in [0.4, 0.5) is 14.7 Å². The number of fused-ring (bicyclic) bond motifs is 2. The van der Waals surface area contributed by atoms with Gasteiger partial charge in [-0.25, -0.2) is 19.5 Å². The molecule has 1 aliphatic heterocycles. The van der Waals surface area contributed by atoms with Gasteiger partial charge in [0.05, 0.1) is 23.3 Å². The van der Waals surface area contributed by atoms with E-state index in [1.54, 1.807) is 10.7 Å². The van der Waals surface area contributed by atoms with Crippen LogP contribution in [0.25, 0.3) is 27.8 Å². The van der Waals surface area contributed by atoms with Gasteiger partial charge in [0.25, 0.3) is 0 Å². The number of aromatic nitrogens is 6. The molecule has 11 heteroatoms. The maximum atomic E-state index is 12.4. The molecule has 0 aromatic carbocycles. The van der Waals surface area contributed by atoms with Crippen LogP contribution in [0.2, 0.25) is 0 Å². The summed E-state index contributed by atoms with van der Waals surface area (Å²) in [5.41, 5.74) is 4.65. The number of pyridine rings is 1. The predicted molar refractivity (Wildman–Crippen MR) is 130 cm³/mol. The Morgan fingerprint density at radius 2 is 1.86 bits per heavy atom. The van der Waals surface area contributed by atoms with E-state index < -0.39 is 6.61 Å². The molecule has 36 heavy (non-hydrogen) atoms. The topological polar surface area (TPSA) is 91.4 Å². The van der Waals surface area contributed by atoms with Crippen molar-refractivity contribution in [3.05, 3.63) is 36.5 Å². The van der Waals surface area contributed by atoms with Gasteiger partial charge in [0.2, 0.25) is 5.95 Å². The van der Waals surface area contributed by atoms with Crippen LogP contribution in [0.3, 0.4) is 0 Å². The Morgan fingerprint density at radius 1 is 1.06 bits per heavy atom. The largest absolute Gasteiger partial charge is 0.381 e. The molecular formula is C25H29F2N7O2. The van der Waals surface area contributed by atoms with Gasteiger partial charge in [-0.2, -0.15) is 8.78 Å². The Hall–Kier alpha value is -3.18. The van der Waals surface area contributed by atoms with Crippen molar-refractivity contribution >= 4 is 22.6 Å². The summed E-state index contributed by atoms with van der Waals surface area (Å²) in [5.74, 6) is 1.49. The van der Waals surface area contributed by atoms with E-state index in [0.29, 0.717) is 24.8 Å². The fourth-order valence-electron chi connectivity index (χ4n) is 5.52. The Balaban J connectivity index is 1.23. The minimum atomic E-state index is -2.71. The van der Waals surface area contributed by atoms with Gasteiger partial charge in [-0.05, 0) is 57.6 Å². The maximum Gasteiger partial charge on any atom is 0.345 e. The van der Waals surface area contributed by atoms with Crippen LogP contribution < -0.4 is 5.32 Å².